The highest BCUT2D eigenvalue weighted by molar-refractivity contribution is 7.80. The third-order valence-electron chi connectivity index (χ3n) is 5.05. The summed E-state index contributed by atoms with van der Waals surface area (Å²) >= 11 is 4.93. The lowest BCUT2D eigenvalue weighted by Crippen LogP contribution is -2.42. The summed E-state index contributed by atoms with van der Waals surface area (Å²) in [4.78, 5) is 15.5. The highest BCUT2D eigenvalue weighted by Gasteiger charge is 2.26. The number of carbonyl (C=O) groups excluding carboxylic acids is 1. The molecule has 0 aliphatic heterocycles. The second-order valence-corrected chi connectivity index (χ2v) is 8.04. The van der Waals surface area contributed by atoms with E-state index in [-0.39, 0.29) is 27.4 Å². The Bertz CT molecular complexity index is 816. The van der Waals surface area contributed by atoms with Gasteiger partial charge in [-0.3, -0.25) is 26.1 Å². The molecule has 1 atom stereocenters. The quantitative estimate of drug-likeness (QED) is 0.0951. The number of hydrogen-bond donors (Lipinski definition) is 6. The second kappa shape index (κ2) is 15.3. The fraction of sp³-hybridized carbons (Fsp3) is 0.550. The molecule has 13 nitrogen and oxygen atoms in total. The van der Waals surface area contributed by atoms with E-state index in [0.717, 1.165) is 50.9 Å². The number of unbranched alkanes of at least 4 members (excludes halogenated alkanes) is 2. The number of nitrogens with zero attached hydrogens (tertiary/aromatic N) is 4. The van der Waals surface area contributed by atoms with Crippen LogP contribution in [0.1, 0.15) is 46.5 Å². The molecule has 1 aromatic rings. The van der Waals surface area contributed by atoms with E-state index in [4.69, 9.17) is 18.1 Å². The van der Waals surface area contributed by atoms with Gasteiger partial charge in [0.25, 0.3) is 0 Å². The van der Waals surface area contributed by atoms with Crippen molar-refractivity contribution in [2.24, 2.45) is 16.9 Å². The van der Waals surface area contributed by atoms with Gasteiger partial charge in [-0.05, 0) is 63.3 Å². The van der Waals surface area contributed by atoms with E-state index in [1.807, 2.05) is 0 Å². The van der Waals surface area contributed by atoms with Crippen LogP contribution < -0.4 is 32.5 Å². The average molecular weight is 499 g/mol. The van der Waals surface area contributed by atoms with E-state index >= 15 is 0 Å². The minimum atomic E-state index is -0.740. The first-order chi connectivity index (χ1) is 16.1. The topological polar surface area (TPSA) is 188 Å². The summed E-state index contributed by atoms with van der Waals surface area (Å²) in [5.41, 5.74) is 4.49. The fourth-order valence-corrected chi connectivity index (χ4v) is 3.14. The van der Waals surface area contributed by atoms with Gasteiger partial charge in [0.15, 0.2) is 0 Å². The number of carbonyl (C=O) groups is 1. The molecular formula is C20H34N8O5S-2. The van der Waals surface area contributed by atoms with Crippen LogP contribution in [0.3, 0.4) is 0 Å². The summed E-state index contributed by atoms with van der Waals surface area (Å²) in [5.74, 6) is 4.03. The van der Waals surface area contributed by atoms with E-state index in [2.05, 4.69) is 40.0 Å². The number of hydrogen-bond acceptors (Lipinski definition) is 11. The predicted molar refractivity (Wildman–Crippen MR) is 136 cm³/mol. The van der Waals surface area contributed by atoms with Crippen molar-refractivity contribution in [3.63, 3.8) is 0 Å². The van der Waals surface area contributed by atoms with Crippen molar-refractivity contribution in [2.75, 3.05) is 35.4 Å². The number of nitrogens with two attached hydrogens (primary N) is 1. The van der Waals surface area contributed by atoms with Crippen LogP contribution in [0.5, 0.6) is 0 Å². The van der Waals surface area contributed by atoms with Crippen molar-refractivity contribution in [1.29, 1.82) is 0 Å². The largest absolute Gasteiger partial charge is 0.769 e. The molecular weight excluding hydrogens is 464 g/mol. The van der Waals surface area contributed by atoms with Crippen LogP contribution in [0.15, 0.2) is 23.3 Å². The van der Waals surface area contributed by atoms with E-state index in [9.17, 15) is 25.6 Å². The lowest BCUT2D eigenvalue weighted by Gasteiger charge is -2.38. The van der Waals surface area contributed by atoms with Gasteiger partial charge < -0.3 is 25.9 Å². The molecule has 1 rings (SSSR count). The van der Waals surface area contributed by atoms with Gasteiger partial charge in [-0.15, -0.1) is 5.23 Å². The molecule has 14 heteroatoms. The van der Waals surface area contributed by atoms with Crippen molar-refractivity contribution in [2.45, 2.75) is 46.5 Å². The minimum absolute atomic E-state index is 0.0147. The molecule has 0 spiro atoms. The van der Waals surface area contributed by atoms with E-state index in [0.29, 0.717) is 12.3 Å². The van der Waals surface area contributed by atoms with Crippen LogP contribution in [0, 0.1) is 16.3 Å². The Morgan fingerprint density at radius 3 is 2.32 bits per heavy atom. The number of anilines is 3. The smallest absolute Gasteiger partial charge is 0.234 e. The van der Waals surface area contributed by atoms with Crippen molar-refractivity contribution in [1.82, 2.24) is 15.8 Å². The molecule has 1 aromatic carbocycles. The Kier molecular flexibility index (Phi) is 13.3. The first-order valence-electron chi connectivity index (χ1n) is 10.9. The Labute approximate surface area is 204 Å². The zero-order valence-electron chi connectivity index (χ0n) is 19.7. The summed E-state index contributed by atoms with van der Waals surface area (Å²) in [6, 6.07) is 3.32. The van der Waals surface area contributed by atoms with Crippen molar-refractivity contribution in [3.05, 3.63) is 28.6 Å². The summed E-state index contributed by atoms with van der Waals surface area (Å²) in [7, 11) is 0. The number of rotatable bonds is 14. The van der Waals surface area contributed by atoms with Crippen LogP contribution in [0.2, 0.25) is 0 Å². The van der Waals surface area contributed by atoms with Gasteiger partial charge >= 0.3 is 0 Å². The number of hydrazone groups is 1. The molecule has 0 aliphatic rings. The molecule has 192 valence electrons. The number of benzene rings is 1. The Morgan fingerprint density at radius 2 is 1.82 bits per heavy atom. The number of amides is 1. The van der Waals surface area contributed by atoms with Crippen LogP contribution in [0.25, 0.3) is 0 Å². The van der Waals surface area contributed by atoms with Crippen LogP contribution in [-0.4, -0.2) is 51.7 Å². The first kappa shape index (κ1) is 29.4. The van der Waals surface area contributed by atoms with Crippen LogP contribution in [0.4, 0.5) is 17.1 Å². The highest BCUT2D eigenvalue weighted by Crippen LogP contribution is 2.30. The molecule has 0 bridgehead atoms. The van der Waals surface area contributed by atoms with Crippen molar-refractivity contribution >= 4 is 46.0 Å². The third-order valence-corrected chi connectivity index (χ3v) is 5.26. The summed E-state index contributed by atoms with van der Waals surface area (Å²) < 4.78 is 0. The fourth-order valence-electron chi connectivity index (χ4n) is 3.09. The zero-order valence-corrected chi connectivity index (χ0v) is 20.5. The maximum Gasteiger partial charge on any atom is 0.234 e. The minimum Gasteiger partial charge on any atom is -0.769 e. The molecule has 1 amide bonds. The SMILES string of the molecule is CCCCN(CCCC)CC(C(=O)Nc1ccc(N([O-])[O-])cc1N(O)O)/C(C)=N\NC(=S)NN. The standard InChI is InChI=1S/C20H34N8O5S/c1-4-6-10-26(11-7-5-2)13-16(14(3)24-25-20(34)23-21)19(29)22-17-9-8-15(27(30)31)12-18(17)28(32)33/h8-9,12,16,32-33H,4-7,10-11,13,21H2,1-3H3,(H,22,29)(H2,23,25,34)/q-2/b24-14-. The van der Waals surface area contributed by atoms with Gasteiger partial charge in [-0.1, -0.05) is 26.7 Å². The molecule has 1 unspecified atom stereocenters. The van der Waals surface area contributed by atoms with Gasteiger partial charge in [0, 0.05) is 17.9 Å². The molecule has 0 saturated carbocycles. The normalized spacial score (nSPS) is 12.3. The molecule has 0 radical (unpaired) electrons. The number of nitrogens with one attached hydrogen (secondary N) is 3. The highest BCUT2D eigenvalue weighted by atomic mass is 32.1. The van der Waals surface area contributed by atoms with Crippen LogP contribution in [-0.2, 0) is 4.79 Å². The van der Waals surface area contributed by atoms with E-state index in [1.165, 1.54) is 6.07 Å². The number of hydrazine groups is 1. The monoisotopic (exact) mass is 498 g/mol. The maximum atomic E-state index is 13.3. The summed E-state index contributed by atoms with van der Waals surface area (Å²) in [6.07, 6.45) is 3.92. The molecule has 34 heavy (non-hydrogen) atoms. The van der Waals surface area contributed by atoms with E-state index in [1.54, 1.807) is 6.92 Å². The lowest BCUT2D eigenvalue weighted by molar-refractivity contribution is -0.118. The Hall–Kier alpha value is -2.59. The van der Waals surface area contributed by atoms with Crippen molar-refractivity contribution < 1.29 is 15.2 Å². The lowest BCUT2D eigenvalue weighted by atomic mass is 10.0. The molecule has 0 heterocycles. The zero-order chi connectivity index (χ0) is 25.7. The van der Waals surface area contributed by atoms with Gasteiger partial charge in [-0.25, -0.2) is 5.84 Å². The average Bonchev–Trinajstić information content (AvgIpc) is 2.81. The predicted octanol–water partition coefficient (Wildman–Crippen LogP) is 2.24. The third kappa shape index (κ3) is 9.72. The van der Waals surface area contributed by atoms with Gasteiger partial charge in [0.2, 0.25) is 11.0 Å². The Balaban J connectivity index is 3.24. The summed E-state index contributed by atoms with van der Waals surface area (Å²) in [6.45, 7) is 7.79. The first-order valence-corrected chi connectivity index (χ1v) is 11.4. The molecule has 0 fully saturated rings. The number of thiocarbonyl (C=S) groups is 1. The van der Waals surface area contributed by atoms with Gasteiger partial charge in [0.05, 0.1) is 11.6 Å². The molecule has 7 N–H and O–H groups in total. The maximum absolute atomic E-state index is 13.3. The molecule has 0 aliphatic carbocycles. The van der Waals surface area contributed by atoms with Crippen molar-refractivity contribution in [3.8, 4) is 0 Å². The van der Waals surface area contributed by atoms with Crippen LogP contribution >= 0.6 is 12.2 Å². The summed E-state index contributed by atoms with van der Waals surface area (Å²) in [5, 5.41) is 47.0. The van der Waals surface area contributed by atoms with Gasteiger partial charge in [0.1, 0.15) is 5.69 Å². The Morgan fingerprint density at radius 1 is 1.21 bits per heavy atom. The van der Waals surface area contributed by atoms with E-state index < -0.39 is 17.1 Å². The molecule has 0 aromatic heterocycles. The second-order valence-electron chi connectivity index (χ2n) is 7.64. The molecule has 0 saturated heterocycles. The van der Waals surface area contributed by atoms with Gasteiger partial charge in [-0.2, -0.15) is 5.10 Å².